The van der Waals surface area contributed by atoms with Crippen molar-refractivity contribution < 1.29 is 17.2 Å². The molecule has 1 saturated heterocycles. The molecule has 0 amide bonds. The molecular formula is C19H17ClFNO3S. The van der Waals surface area contributed by atoms with Gasteiger partial charge in [0.2, 0.25) is 9.84 Å². The van der Waals surface area contributed by atoms with Crippen LogP contribution in [-0.2, 0) is 16.3 Å². The smallest absolute Gasteiger partial charge is 0.206 e. The van der Waals surface area contributed by atoms with E-state index >= 15 is 0 Å². The molecular weight excluding hydrogens is 377 g/mol. The Morgan fingerprint density at radius 1 is 1.08 bits per heavy atom. The quantitative estimate of drug-likeness (QED) is 0.709. The number of furan rings is 1. The maximum Gasteiger partial charge on any atom is 0.206 e. The average molecular weight is 394 g/mol. The van der Waals surface area contributed by atoms with E-state index in [0.717, 1.165) is 42.0 Å². The first-order valence-corrected chi connectivity index (χ1v) is 9.83. The fraction of sp³-hybridized carbons (Fsp3) is 0.263. The van der Waals surface area contributed by atoms with E-state index in [0.29, 0.717) is 11.6 Å². The van der Waals surface area contributed by atoms with Gasteiger partial charge in [-0.1, -0.05) is 6.07 Å². The molecule has 2 aromatic carbocycles. The molecule has 1 fully saturated rings. The summed E-state index contributed by atoms with van der Waals surface area (Å²) in [6, 6.07) is 10.7. The summed E-state index contributed by atoms with van der Waals surface area (Å²) in [6.45, 7) is 0. The zero-order valence-corrected chi connectivity index (χ0v) is 15.4. The molecule has 2 unspecified atom stereocenters. The van der Waals surface area contributed by atoms with E-state index in [1.165, 1.54) is 24.3 Å². The van der Waals surface area contributed by atoms with E-state index in [-0.39, 0.29) is 28.2 Å². The minimum Gasteiger partial charge on any atom is -0.461 e. The van der Waals surface area contributed by atoms with E-state index in [4.69, 9.17) is 4.42 Å². The predicted octanol–water partition coefficient (Wildman–Crippen LogP) is 4.18. The van der Waals surface area contributed by atoms with Crippen molar-refractivity contribution in [1.29, 1.82) is 0 Å². The van der Waals surface area contributed by atoms with E-state index in [2.05, 4.69) is 5.32 Å². The van der Waals surface area contributed by atoms with Crippen LogP contribution in [0.15, 0.2) is 56.7 Å². The van der Waals surface area contributed by atoms with Crippen LogP contribution in [0.25, 0.3) is 11.0 Å². The lowest BCUT2D eigenvalue weighted by Gasteiger charge is -2.20. The molecule has 0 saturated carbocycles. The van der Waals surface area contributed by atoms with Gasteiger partial charge in [-0.25, -0.2) is 12.8 Å². The standard InChI is InChI=1S/C19H16FNO3S.ClH/c20-11-2-1-3-13(8-11)25(22,23)14-5-7-17-15(10-14)19-16-6-4-12(21-16)9-18(19)24-17;/h1-3,5,7-8,10,12,16,21H,4,6,9H2;1H. The molecule has 1 aromatic heterocycles. The van der Waals surface area contributed by atoms with Gasteiger partial charge in [0.25, 0.3) is 0 Å². The molecule has 7 heteroatoms. The second kappa shape index (κ2) is 6.08. The molecule has 0 spiro atoms. The van der Waals surface area contributed by atoms with Gasteiger partial charge in [0.1, 0.15) is 17.2 Å². The maximum absolute atomic E-state index is 13.5. The van der Waals surface area contributed by atoms with E-state index < -0.39 is 15.7 Å². The number of hydrogen-bond donors (Lipinski definition) is 1. The van der Waals surface area contributed by atoms with Crippen LogP contribution in [0.5, 0.6) is 0 Å². The predicted molar refractivity (Wildman–Crippen MR) is 97.9 cm³/mol. The lowest BCUT2D eigenvalue weighted by atomic mass is 9.99. The van der Waals surface area contributed by atoms with Crippen LogP contribution in [0.4, 0.5) is 4.39 Å². The molecule has 2 bridgehead atoms. The van der Waals surface area contributed by atoms with Crippen molar-refractivity contribution in [3.63, 3.8) is 0 Å². The summed E-state index contributed by atoms with van der Waals surface area (Å²) in [4.78, 5) is 0.123. The summed E-state index contributed by atoms with van der Waals surface area (Å²) < 4.78 is 45.2. The fourth-order valence-electron chi connectivity index (χ4n) is 4.05. The van der Waals surface area contributed by atoms with Crippen molar-refractivity contribution >= 4 is 33.2 Å². The molecule has 4 nitrogen and oxygen atoms in total. The molecule has 0 aliphatic carbocycles. The van der Waals surface area contributed by atoms with Crippen LogP contribution >= 0.6 is 12.4 Å². The Balaban J connectivity index is 0.00000168. The largest absolute Gasteiger partial charge is 0.461 e. The number of fused-ring (bicyclic) bond motifs is 6. The van der Waals surface area contributed by atoms with E-state index in [9.17, 15) is 12.8 Å². The number of benzene rings is 2. The van der Waals surface area contributed by atoms with Gasteiger partial charge < -0.3 is 9.73 Å². The molecule has 2 aliphatic rings. The Morgan fingerprint density at radius 3 is 2.69 bits per heavy atom. The SMILES string of the molecule is Cl.O=S(=O)(c1cccc(F)c1)c1ccc2oc3c(c2c1)C1CCC(C3)N1. The second-order valence-corrected chi connectivity index (χ2v) is 8.71. The molecule has 3 aromatic rings. The van der Waals surface area contributed by atoms with Gasteiger partial charge in [-0.3, -0.25) is 0 Å². The van der Waals surface area contributed by atoms with Crippen LogP contribution < -0.4 is 5.32 Å². The summed E-state index contributed by atoms with van der Waals surface area (Å²) >= 11 is 0. The van der Waals surface area contributed by atoms with Crippen molar-refractivity contribution in [3.8, 4) is 0 Å². The molecule has 26 heavy (non-hydrogen) atoms. The summed E-state index contributed by atoms with van der Waals surface area (Å²) in [6.07, 6.45) is 2.98. The Bertz CT molecular complexity index is 1110. The highest BCUT2D eigenvalue weighted by Crippen LogP contribution is 2.42. The van der Waals surface area contributed by atoms with E-state index in [1.807, 2.05) is 0 Å². The first kappa shape index (κ1) is 17.5. The van der Waals surface area contributed by atoms with Gasteiger partial charge >= 0.3 is 0 Å². The summed E-state index contributed by atoms with van der Waals surface area (Å²) in [5.74, 6) is 0.394. The fourth-order valence-corrected chi connectivity index (χ4v) is 5.37. The van der Waals surface area contributed by atoms with Crippen LogP contribution in [0, 0.1) is 5.82 Å². The monoisotopic (exact) mass is 393 g/mol. The molecule has 136 valence electrons. The van der Waals surface area contributed by atoms with E-state index in [1.54, 1.807) is 12.1 Å². The molecule has 5 rings (SSSR count). The first-order valence-electron chi connectivity index (χ1n) is 8.34. The number of halogens is 2. The highest BCUT2D eigenvalue weighted by molar-refractivity contribution is 7.91. The Morgan fingerprint density at radius 2 is 1.88 bits per heavy atom. The summed E-state index contributed by atoms with van der Waals surface area (Å²) in [5.41, 5.74) is 1.79. The zero-order valence-electron chi connectivity index (χ0n) is 13.7. The average Bonchev–Trinajstić information content (AvgIpc) is 3.15. The third kappa shape index (κ3) is 2.55. The van der Waals surface area contributed by atoms with Crippen LogP contribution in [0.1, 0.15) is 30.2 Å². The third-order valence-corrected chi connectivity index (χ3v) is 6.96. The topological polar surface area (TPSA) is 59.3 Å². The molecule has 0 radical (unpaired) electrons. The van der Waals surface area contributed by atoms with Gasteiger partial charge in [-0.05, 0) is 49.2 Å². The number of nitrogens with one attached hydrogen (secondary N) is 1. The van der Waals surface area contributed by atoms with Gasteiger partial charge in [0.15, 0.2) is 0 Å². The normalized spacial score (nSPS) is 21.4. The Labute approximate surface area is 156 Å². The van der Waals surface area contributed by atoms with Crippen molar-refractivity contribution in [3.05, 3.63) is 59.6 Å². The molecule has 1 N–H and O–H groups in total. The lowest BCUT2D eigenvalue weighted by Crippen LogP contribution is -2.30. The highest BCUT2D eigenvalue weighted by Gasteiger charge is 2.36. The number of sulfone groups is 1. The van der Waals surface area contributed by atoms with Gasteiger partial charge in [-0.2, -0.15) is 0 Å². The van der Waals surface area contributed by atoms with Gasteiger partial charge in [0, 0.05) is 29.5 Å². The second-order valence-electron chi connectivity index (χ2n) is 6.76. The Hall–Kier alpha value is -1.89. The number of rotatable bonds is 2. The van der Waals surface area contributed by atoms with Crippen molar-refractivity contribution in [1.82, 2.24) is 5.32 Å². The van der Waals surface area contributed by atoms with Crippen LogP contribution in [-0.4, -0.2) is 14.5 Å². The molecule has 2 atom stereocenters. The minimum absolute atomic E-state index is 0. The molecule has 2 aliphatic heterocycles. The van der Waals surface area contributed by atoms with Crippen LogP contribution in [0.3, 0.4) is 0 Å². The third-order valence-electron chi connectivity index (χ3n) is 5.21. The highest BCUT2D eigenvalue weighted by atomic mass is 35.5. The van der Waals surface area contributed by atoms with Crippen molar-refractivity contribution in [2.24, 2.45) is 0 Å². The van der Waals surface area contributed by atoms with Gasteiger partial charge in [-0.15, -0.1) is 12.4 Å². The van der Waals surface area contributed by atoms with Crippen molar-refractivity contribution in [2.45, 2.75) is 41.1 Å². The lowest BCUT2D eigenvalue weighted by molar-refractivity contribution is 0.441. The summed E-state index contributed by atoms with van der Waals surface area (Å²) in [7, 11) is -3.77. The van der Waals surface area contributed by atoms with Crippen LogP contribution in [0.2, 0.25) is 0 Å². The Kier molecular flexibility index (Phi) is 4.10. The minimum atomic E-state index is -3.77. The summed E-state index contributed by atoms with van der Waals surface area (Å²) in [5, 5.41) is 4.40. The van der Waals surface area contributed by atoms with Gasteiger partial charge in [0.05, 0.1) is 9.79 Å². The molecule has 3 heterocycles. The maximum atomic E-state index is 13.5. The first-order chi connectivity index (χ1) is 12.0. The van der Waals surface area contributed by atoms with Crippen molar-refractivity contribution in [2.75, 3.05) is 0 Å². The number of hydrogen-bond acceptors (Lipinski definition) is 4. The zero-order chi connectivity index (χ0) is 17.2.